The fourth-order valence-corrected chi connectivity index (χ4v) is 3.28. The molecule has 5 heteroatoms. The van der Waals surface area contributed by atoms with Crippen LogP contribution in [0.5, 0.6) is 0 Å². The van der Waals surface area contributed by atoms with Crippen LogP contribution in [-0.4, -0.2) is 42.8 Å². The first-order valence-electron chi connectivity index (χ1n) is 9.34. The molecule has 0 atom stereocenters. The molecular formula is C20H29FN2O2. The molecule has 1 aromatic rings. The van der Waals surface area contributed by atoms with Crippen molar-refractivity contribution in [1.82, 2.24) is 4.90 Å². The average molecular weight is 348 g/mol. The number of aryl methyl sites for hydroxylation is 1. The molecule has 0 aliphatic carbocycles. The molecule has 138 valence electrons. The lowest BCUT2D eigenvalue weighted by Gasteiger charge is -2.36. The van der Waals surface area contributed by atoms with Gasteiger partial charge in [0.1, 0.15) is 5.82 Å². The maximum absolute atomic E-state index is 14.5. The summed E-state index contributed by atoms with van der Waals surface area (Å²) in [6.07, 6.45) is 4.11. The molecule has 0 aromatic heterocycles. The van der Waals surface area contributed by atoms with Crippen molar-refractivity contribution >= 4 is 17.4 Å². The van der Waals surface area contributed by atoms with E-state index in [0.29, 0.717) is 50.3 Å². The average Bonchev–Trinajstić information content (AvgIpc) is 2.63. The number of carbonyl (C=O) groups excluding carboxylic acids is 2. The number of hydrogen-bond acceptors (Lipinski definition) is 3. The van der Waals surface area contributed by atoms with Gasteiger partial charge in [0.15, 0.2) is 5.78 Å². The minimum Gasteiger partial charge on any atom is -0.366 e. The maximum Gasteiger partial charge on any atom is 0.222 e. The lowest BCUT2D eigenvalue weighted by atomic mass is 10.0. The minimum absolute atomic E-state index is 0.0366. The predicted octanol–water partition coefficient (Wildman–Crippen LogP) is 3.96. The Kier molecular flexibility index (Phi) is 6.97. The third-order valence-electron chi connectivity index (χ3n) is 4.88. The Balaban J connectivity index is 2.00. The highest BCUT2D eigenvalue weighted by atomic mass is 19.1. The molecule has 0 radical (unpaired) electrons. The van der Waals surface area contributed by atoms with Gasteiger partial charge in [0.2, 0.25) is 5.91 Å². The summed E-state index contributed by atoms with van der Waals surface area (Å²) in [5.41, 5.74) is 1.80. The van der Waals surface area contributed by atoms with Crippen molar-refractivity contribution in [2.75, 3.05) is 31.1 Å². The normalized spacial score (nSPS) is 14.7. The van der Waals surface area contributed by atoms with E-state index in [4.69, 9.17) is 0 Å². The number of Topliss-reactive ketones (excluding diaryl/α,β-unsaturated/α-hetero) is 1. The summed E-state index contributed by atoms with van der Waals surface area (Å²) >= 11 is 0. The van der Waals surface area contributed by atoms with Gasteiger partial charge < -0.3 is 9.80 Å². The Morgan fingerprint density at radius 2 is 1.76 bits per heavy atom. The smallest absolute Gasteiger partial charge is 0.222 e. The van der Waals surface area contributed by atoms with Gasteiger partial charge in [-0.1, -0.05) is 26.7 Å². The van der Waals surface area contributed by atoms with Crippen molar-refractivity contribution in [3.8, 4) is 0 Å². The van der Waals surface area contributed by atoms with Gasteiger partial charge in [0.05, 0.1) is 5.69 Å². The molecular weight excluding hydrogens is 319 g/mol. The highest BCUT2D eigenvalue weighted by Gasteiger charge is 2.23. The number of rotatable bonds is 7. The van der Waals surface area contributed by atoms with E-state index in [0.717, 1.165) is 24.8 Å². The van der Waals surface area contributed by atoms with E-state index in [-0.39, 0.29) is 17.5 Å². The summed E-state index contributed by atoms with van der Waals surface area (Å²) in [6.45, 7) is 8.24. The first-order valence-corrected chi connectivity index (χ1v) is 9.34. The Bertz CT molecular complexity index is 622. The monoisotopic (exact) mass is 348 g/mol. The van der Waals surface area contributed by atoms with Crippen LogP contribution in [0.25, 0.3) is 0 Å². The van der Waals surface area contributed by atoms with Crippen molar-refractivity contribution in [2.45, 2.75) is 52.9 Å². The Hall–Kier alpha value is -1.91. The van der Waals surface area contributed by atoms with Gasteiger partial charge in [-0.25, -0.2) is 4.39 Å². The topological polar surface area (TPSA) is 40.6 Å². The second-order valence-electron chi connectivity index (χ2n) is 6.72. The molecule has 0 spiro atoms. The molecule has 1 amide bonds. The Morgan fingerprint density at radius 3 is 2.36 bits per heavy atom. The number of carbonyl (C=O) groups is 2. The number of ketones is 1. The van der Waals surface area contributed by atoms with Gasteiger partial charge in [0.25, 0.3) is 0 Å². The highest BCUT2D eigenvalue weighted by molar-refractivity contribution is 5.97. The molecule has 1 aliphatic heterocycles. The van der Waals surface area contributed by atoms with Crippen LogP contribution in [0, 0.1) is 12.7 Å². The number of amides is 1. The Morgan fingerprint density at radius 1 is 1.08 bits per heavy atom. The van der Waals surface area contributed by atoms with E-state index in [1.54, 1.807) is 13.0 Å². The summed E-state index contributed by atoms with van der Waals surface area (Å²) in [7, 11) is 0. The summed E-state index contributed by atoms with van der Waals surface area (Å²) in [4.78, 5) is 27.9. The summed E-state index contributed by atoms with van der Waals surface area (Å²) < 4.78 is 14.5. The van der Waals surface area contributed by atoms with E-state index < -0.39 is 0 Å². The second-order valence-corrected chi connectivity index (χ2v) is 6.72. The van der Waals surface area contributed by atoms with Gasteiger partial charge in [-0.3, -0.25) is 9.59 Å². The Labute approximate surface area is 150 Å². The summed E-state index contributed by atoms with van der Waals surface area (Å²) in [5.74, 6) is -0.191. The first-order chi connectivity index (χ1) is 12.0. The van der Waals surface area contributed by atoms with Crippen molar-refractivity contribution in [1.29, 1.82) is 0 Å². The van der Waals surface area contributed by atoms with Crippen LogP contribution in [0.4, 0.5) is 10.1 Å². The number of nitrogens with zero attached hydrogens (tertiary/aromatic N) is 2. The molecule has 1 saturated heterocycles. The number of anilines is 1. The zero-order valence-electron chi connectivity index (χ0n) is 15.6. The van der Waals surface area contributed by atoms with Crippen molar-refractivity contribution in [3.63, 3.8) is 0 Å². The van der Waals surface area contributed by atoms with E-state index in [9.17, 15) is 14.0 Å². The minimum atomic E-state index is -0.356. The zero-order chi connectivity index (χ0) is 18.4. The van der Waals surface area contributed by atoms with E-state index in [1.165, 1.54) is 6.07 Å². The van der Waals surface area contributed by atoms with Crippen LogP contribution in [0.15, 0.2) is 12.1 Å². The maximum atomic E-state index is 14.5. The fourth-order valence-electron chi connectivity index (χ4n) is 3.28. The molecule has 25 heavy (non-hydrogen) atoms. The molecule has 0 unspecified atom stereocenters. The number of unbranched alkanes of at least 4 members (excludes halogenated alkanes) is 2. The van der Waals surface area contributed by atoms with Crippen LogP contribution in [0.1, 0.15) is 61.9 Å². The highest BCUT2D eigenvalue weighted by Crippen LogP contribution is 2.26. The fraction of sp³-hybridized carbons (Fsp3) is 0.600. The quantitative estimate of drug-likeness (QED) is 0.553. The molecule has 2 rings (SSSR count). The van der Waals surface area contributed by atoms with Gasteiger partial charge in [-0.05, 0) is 31.0 Å². The summed E-state index contributed by atoms with van der Waals surface area (Å²) in [5, 5.41) is 0. The SMILES string of the molecule is CCCCCC(=O)N1CCN(c2cc(C)c(C(=O)CC)cc2F)CC1. The lowest BCUT2D eigenvalue weighted by molar-refractivity contribution is -0.131. The summed E-state index contributed by atoms with van der Waals surface area (Å²) in [6, 6.07) is 3.12. The predicted molar refractivity (Wildman–Crippen MR) is 98.7 cm³/mol. The third kappa shape index (κ3) is 4.80. The molecule has 1 aromatic carbocycles. The molecule has 4 nitrogen and oxygen atoms in total. The molecule has 0 N–H and O–H groups in total. The third-order valence-corrected chi connectivity index (χ3v) is 4.88. The van der Waals surface area contributed by atoms with Crippen LogP contribution in [-0.2, 0) is 4.79 Å². The van der Waals surface area contributed by atoms with Crippen molar-refractivity contribution in [2.24, 2.45) is 0 Å². The first kappa shape index (κ1) is 19.4. The lowest BCUT2D eigenvalue weighted by Crippen LogP contribution is -2.49. The zero-order valence-corrected chi connectivity index (χ0v) is 15.6. The van der Waals surface area contributed by atoms with Crippen molar-refractivity contribution < 1.29 is 14.0 Å². The van der Waals surface area contributed by atoms with E-state index in [1.807, 2.05) is 16.7 Å². The van der Waals surface area contributed by atoms with Gasteiger partial charge >= 0.3 is 0 Å². The van der Waals surface area contributed by atoms with E-state index >= 15 is 0 Å². The van der Waals surface area contributed by atoms with Gasteiger partial charge in [-0.2, -0.15) is 0 Å². The number of piperazine rings is 1. The molecule has 1 aliphatic rings. The standard InChI is InChI=1S/C20H29FN2O2/c1-4-6-7-8-20(25)23-11-9-22(10-12-23)18-13-15(3)16(14-17(18)21)19(24)5-2/h13-14H,4-12H2,1-3H3. The van der Waals surface area contributed by atoms with E-state index in [2.05, 4.69) is 6.92 Å². The number of benzene rings is 1. The van der Waals surface area contributed by atoms with Crippen LogP contribution in [0.2, 0.25) is 0 Å². The molecule has 1 heterocycles. The second kappa shape index (κ2) is 8.97. The van der Waals surface area contributed by atoms with Crippen LogP contribution >= 0.6 is 0 Å². The molecule has 0 saturated carbocycles. The number of hydrogen-bond donors (Lipinski definition) is 0. The van der Waals surface area contributed by atoms with Crippen LogP contribution in [0.3, 0.4) is 0 Å². The van der Waals surface area contributed by atoms with Gasteiger partial charge in [0, 0.05) is 44.6 Å². The van der Waals surface area contributed by atoms with Crippen molar-refractivity contribution in [3.05, 3.63) is 29.1 Å². The van der Waals surface area contributed by atoms with Gasteiger partial charge in [-0.15, -0.1) is 0 Å². The molecule has 1 fully saturated rings. The number of halogens is 1. The largest absolute Gasteiger partial charge is 0.366 e. The van der Waals surface area contributed by atoms with Crippen LogP contribution < -0.4 is 4.90 Å². The molecule has 0 bridgehead atoms.